The van der Waals surface area contributed by atoms with Gasteiger partial charge in [-0.1, -0.05) is 49.4 Å². The van der Waals surface area contributed by atoms with Crippen molar-refractivity contribution in [2.75, 3.05) is 15.5 Å². The monoisotopic (exact) mass is 555 g/mol. The van der Waals surface area contributed by atoms with Crippen LogP contribution in [0.2, 0.25) is 0 Å². The van der Waals surface area contributed by atoms with E-state index in [4.69, 9.17) is 0 Å². The van der Waals surface area contributed by atoms with Crippen molar-refractivity contribution in [2.45, 2.75) is 46.6 Å². The fourth-order valence-corrected chi connectivity index (χ4v) is 6.83. The molecular weight excluding hydrogens is 526 g/mol. The molecule has 1 heterocycles. The number of urea groups is 1. The molecule has 3 aromatic rings. The zero-order chi connectivity index (χ0) is 27.4. The van der Waals surface area contributed by atoms with Gasteiger partial charge in [0, 0.05) is 26.7 Å². The molecule has 1 aliphatic carbocycles. The maximum absolute atomic E-state index is 13.6. The summed E-state index contributed by atoms with van der Waals surface area (Å²) in [6, 6.07) is 22.2. The molecule has 198 valence electrons. The van der Waals surface area contributed by atoms with Gasteiger partial charge in [0.15, 0.2) is 5.78 Å². The molecule has 5 rings (SSSR count). The van der Waals surface area contributed by atoms with Gasteiger partial charge in [-0.2, -0.15) is 0 Å². The summed E-state index contributed by atoms with van der Waals surface area (Å²) in [7, 11) is 0. The van der Waals surface area contributed by atoms with Gasteiger partial charge in [-0.05, 0) is 67.9 Å². The van der Waals surface area contributed by atoms with Gasteiger partial charge in [0.05, 0.1) is 22.2 Å². The zero-order valence-electron chi connectivity index (χ0n) is 21.7. The number of hydrogen-bond donors (Lipinski definition) is 2. The van der Waals surface area contributed by atoms with E-state index in [-0.39, 0.29) is 34.3 Å². The van der Waals surface area contributed by atoms with Gasteiger partial charge in [0.1, 0.15) is 0 Å². The minimum absolute atomic E-state index is 0.0166. The number of rotatable bonds is 7. The van der Waals surface area contributed by atoms with Gasteiger partial charge in [0.25, 0.3) is 0 Å². The number of thioether (sulfide) groups is 2. The lowest BCUT2D eigenvalue weighted by Gasteiger charge is -2.40. The molecule has 39 heavy (non-hydrogen) atoms. The van der Waals surface area contributed by atoms with E-state index in [1.807, 2.05) is 72.5 Å². The van der Waals surface area contributed by atoms with Crippen LogP contribution in [0.3, 0.4) is 0 Å². The minimum Gasteiger partial charge on any atom is -0.325 e. The van der Waals surface area contributed by atoms with Gasteiger partial charge >= 0.3 is 6.03 Å². The quantitative estimate of drug-likeness (QED) is 0.235. The number of allylic oxidation sites excluding steroid dienone is 2. The lowest BCUT2D eigenvalue weighted by Crippen LogP contribution is -2.49. The summed E-state index contributed by atoms with van der Waals surface area (Å²) in [6.07, 6.45) is 8.85. The predicted molar refractivity (Wildman–Crippen MR) is 161 cm³/mol. The number of benzene rings is 3. The number of nitrogens with one attached hydrogen (secondary N) is 2. The van der Waals surface area contributed by atoms with Gasteiger partial charge < -0.3 is 10.6 Å². The topological polar surface area (TPSA) is 78.5 Å². The lowest BCUT2D eigenvalue weighted by molar-refractivity contribution is -0.115. The Hall–Kier alpha value is -3.75. The van der Waals surface area contributed by atoms with Crippen LogP contribution in [0.25, 0.3) is 0 Å². The normalized spacial score (nSPS) is 18.1. The van der Waals surface area contributed by atoms with E-state index in [2.05, 4.69) is 22.8 Å². The van der Waals surface area contributed by atoms with Crippen molar-refractivity contribution < 1.29 is 14.4 Å². The summed E-state index contributed by atoms with van der Waals surface area (Å²) in [4.78, 5) is 41.9. The molecule has 0 saturated carbocycles. The zero-order valence-corrected chi connectivity index (χ0v) is 23.3. The largest absolute Gasteiger partial charge is 0.326 e. The molecule has 3 unspecified atom stereocenters. The molecule has 2 aliphatic rings. The first-order valence-electron chi connectivity index (χ1n) is 12.8. The number of anilines is 3. The molecule has 0 aromatic heterocycles. The molecule has 3 amide bonds. The molecule has 3 aromatic carbocycles. The van der Waals surface area contributed by atoms with E-state index in [0.717, 1.165) is 15.5 Å². The summed E-state index contributed by atoms with van der Waals surface area (Å²) < 4.78 is 0. The van der Waals surface area contributed by atoms with Crippen LogP contribution in [0.5, 0.6) is 0 Å². The molecule has 2 N–H and O–H groups in total. The highest BCUT2D eigenvalue weighted by Gasteiger charge is 2.36. The Bertz CT molecular complexity index is 1450. The van der Waals surface area contributed by atoms with Crippen LogP contribution in [0.15, 0.2) is 107 Å². The van der Waals surface area contributed by atoms with Crippen molar-refractivity contribution in [3.05, 3.63) is 103 Å². The SMILES string of the molecule is CCC(Sc1cccc(NC(=O)N2c3ccccc3SC3C=CC=CC32)c1)C(=O)Nc1ccc(C(C)=O)cc1. The van der Waals surface area contributed by atoms with Crippen molar-refractivity contribution in [3.63, 3.8) is 0 Å². The number of para-hydroxylation sites is 1. The standard InChI is InChI=1S/C31H29N3O3S2/c1-3-27(30(36)32-22-17-15-21(16-18-22)20(2)35)38-24-10-8-9-23(19-24)33-31(37)34-25-11-4-6-13-28(25)39-29-14-7-5-12-26(29)34/h4-19,25,27-28H,3H2,1-2H3,(H,32,36)(H,33,37). The third-order valence-corrected chi connectivity index (χ3v) is 9.21. The number of Topliss-reactive ketones (excluding diaryl/α,β-unsaturated/α-hetero) is 1. The smallest absolute Gasteiger partial charge is 0.325 e. The maximum atomic E-state index is 13.6. The van der Waals surface area contributed by atoms with Gasteiger partial charge in [-0.25, -0.2) is 4.79 Å². The molecule has 1 aliphatic heterocycles. The highest BCUT2D eigenvalue weighted by Crippen LogP contribution is 2.43. The molecule has 8 heteroatoms. The number of carbonyl (C=O) groups is 3. The lowest BCUT2D eigenvalue weighted by atomic mass is 10.1. The molecule has 0 fully saturated rings. The number of ketones is 1. The fraction of sp³-hybridized carbons (Fsp3) is 0.194. The molecule has 6 nitrogen and oxygen atoms in total. The van der Waals surface area contributed by atoms with Crippen molar-refractivity contribution >= 4 is 58.3 Å². The minimum atomic E-state index is -0.325. The van der Waals surface area contributed by atoms with Crippen molar-refractivity contribution in [1.82, 2.24) is 0 Å². The Balaban J connectivity index is 1.28. The Kier molecular flexibility index (Phi) is 8.24. The van der Waals surface area contributed by atoms with E-state index < -0.39 is 0 Å². The Labute approximate surface area is 236 Å². The average Bonchev–Trinajstić information content (AvgIpc) is 2.95. The second kappa shape index (κ2) is 12.0. The number of fused-ring (bicyclic) bond motifs is 2. The Morgan fingerprint density at radius 3 is 2.46 bits per heavy atom. The van der Waals surface area contributed by atoms with Crippen LogP contribution in [0, 0.1) is 0 Å². The van der Waals surface area contributed by atoms with Crippen molar-refractivity contribution in [1.29, 1.82) is 0 Å². The van der Waals surface area contributed by atoms with Crippen LogP contribution in [0.1, 0.15) is 30.6 Å². The summed E-state index contributed by atoms with van der Waals surface area (Å²) in [5, 5.41) is 5.85. The fourth-order valence-electron chi connectivity index (χ4n) is 4.55. The van der Waals surface area contributed by atoms with Gasteiger partial charge in [0.2, 0.25) is 5.91 Å². The Morgan fingerprint density at radius 2 is 1.69 bits per heavy atom. The molecule has 3 atom stereocenters. The summed E-state index contributed by atoms with van der Waals surface area (Å²) in [6.45, 7) is 3.48. The summed E-state index contributed by atoms with van der Waals surface area (Å²) >= 11 is 3.22. The number of nitrogens with zero attached hydrogens (tertiary/aromatic N) is 1. The highest BCUT2D eigenvalue weighted by atomic mass is 32.2. The van der Waals surface area contributed by atoms with Crippen LogP contribution >= 0.6 is 23.5 Å². The van der Waals surface area contributed by atoms with Crippen LogP contribution in [-0.2, 0) is 4.79 Å². The molecule has 0 saturated heterocycles. The first-order chi connectivity index (χ1) is 18.9. The number of hydrogen-bond acceptors (Lipinski definition) is 5. The van der Waals surface area contributed by atoms with E-state index in [1.54, 1.807) is 36.0 Å². The maximum Gasteiger partial charge on any atom is 0.326 e. The Morgan fingerprint density at radius 1 is 0.923 bits per heavy atom. The summed E-state index contributed by atoms with van der Waals surface area (Å²) in [5.74, 6) is -0.129. The van der Waals surface area contributed by atoms with E-state index in [1.165, 1.54) is 18.7 Å². The third kappa shape index (κ3) is 6.13. The third-order valence-electron chi connectivity index (χ3n) is 6.55. The van der Waals surface area contributed by atoms with Crippen molar-refractivity contribution in [2.24, 2.45) is 0 Å². The second-order valence-corrected chi connectivity index (χ2v) is 11.8. The van der Waals surface area contributed by atoms with Crippen LogP contribution < -0.4 is 15.5 Å². The van der Waals surface area contributed by atoms with Crippen molar-refractivity contribution in [3.8, 4) is 0 Å². The second-order valence-electron chi connectivity index (χ2n) is 9.28. The first kappa shape index (κ1) is 26.8. The number of carbonyl (C=O) groups excluding carboxylic acids is 3. The molecule has 0 spiro atoms. The van der Waals surface area contributed by atoms with E-state index in [9.17, 15) is 14.4 Å². The predicted octanol–water partition coefficient (Wildman–Crippen LogP) is 7.41. The van der Waals surface area contributed by atoms with Gasteiger partial charge in [-0.15, -0.1) is 23.5 Å². The molecular formula is C31H29N3O3S2. The number of amides is 3. The molecule has 0 radical (unpaired) electrons. The average molecular weight is 556 g/mol. The van der Waals surface area contributed by atoms with Gasteiger partial charge in [-0.3, -0.25) is 14.5 Å². The van der Waals surface area contributed by atoms with E-state index in [0.29, 0.717) is 23.4 Å². The van der Waals surface area contributed by atoms with Crippen LogP contribution in [-0.4, -0.2) is 34.3 Å². The van der Waals surface area contributed by atoms with Crippen LogP contribution in [0.4, 0.5) is 21.9 Å². The van der Waals surface area contributed by atoms with E-state index >= 15 is 0 Å². The summed E-state index contributed by atoms with van der Waals surface area (Å²) in [5.41, 5.74) is 2.81. The molecule has 0 bridgehead atoms. The highest BCUT2D eigenvalue weighted by molar-refractivity contribution is 8.00. The first-order valence-corrected chi connectivity index (χ1v) is 14.6.